The highest BCUT2D eigenvalue weighted by Crippen LogP contribution is 2.27. The molecule has 1 amide bonds. The lowest BCUT2D eigenvalue weighted by Crippen LogP contribution is -2.16. The van der Waals surface area contributed by atoms with Crippen LogP contribution in [0.2, 0.25) is 0 Å². The van der Waals surface area contributed by atoms with Crippen molar-refractivity contribution in [2.75, 3.05) is 13.2 Å². The van der Waals surface area contributed by atoms with E-state index in [9.17, 15) is 4.79 Å². The fourth-order valence-corrected chi connectivity index (χ4v) is 1.44. The highest BCUT2D eigenvalue weighted by Gasteiger charge is 2.05. The average molecular weight is 275 g/mol. The molecule has 0 saturated carbocycles. The van der Waals surface area contributed by atoms with Crippen molar-refractivity contribution in [1.29, 1.82) is 5.26 Å². The van der Waals surface area contributed by atoms with Crippen LogP contribution in [-0.2, 0) is 4.79 Å². The van der Waals surface area contributed by atoms with E-state index in [0.717, 1.165) is 5.56 Å². The second-order valence-corrected chi connectivity index (χ2v) is 3.70. The van der Waals surface area contributed by atoms with Gasteiger partial charge in [-0.25, -0.2) is 5.43 Å². The summed E-state index contributed by atoms with van der Waals surface area (Å²) in [5.74, 6) is 0.849. The van der Waals surface area contributed by atoms with Gasteiger partial charge in [0.1, 0.15) is 6.42 Å². The third-order valence-electron chi connectivity index (χ3n) is 2.21. The minimum absolute atomic E-state index is 0.217. The van der Waals surface area contributed by atoms with Crippen LogP contribution in [0.1, 0.15) is 25.8 Å². The van der Waals surface area contributed by atoms with Gasteiger partial charge < -0.3 is 9.47 Å². The van der Waals surface area contributed by atoms with Crippen LogP contribution in [0.4, 0.5) is 0 Å². The van der Waals surface area contributed by atoms with Crippen LogP contribution < -0.4 is 14.9 Å². The molecule has 1 N–H and O–H groups in total. The predicted octanol–water partition coefficient (Wildman–Crippen LogP) is 1.85. The van der Waals surface area contributed by atoms with Crippen LogP contribution in [-0.4, -0.2) is 25.3 Å². The molecule has 0 bridgehead atoms. The lowest BCUT2D eigenvalue weighted by atomic mass is 10.2. The van der Waals surface area contributed by atoms with Crippen molar-refractivity contribution in [1.82, 2.24) is 5.43 Å². The molecular weight excluding hydrogens is 258 g/mol. The molecular formula is C14H17N3O3. The SMILES string of the molecule is CCOc1ccc(/C=N\NC(=O)CC#N)cc1OCC. The average Bonchev–Trinajstić information content (AvgIpc) is 2.42. The topological polar surface area (TPSA) is 83.7 Å². The van der Waals surface area contributed by atoms with E-state index in [4.69, 9.17) is 14.7 Å². The molecule has 0 radical (unpaired) electrons. The monoisotopic (exact) mass is 275 g/mol. The molecule has 0 aromatic heterocycles. The van der Waals surface area contributed by atoms with Crippen molar-refractivity contribution < 1.29 is 14.3 Å². The standard InChI is InChI=1S/C14H17N3O3/c1-3-19-12-6-5-11(9-13(12)20-4-2)10-16-17-14(18)7-8-15/h5-6,9-10H,3-4,7H2,1-2H3,(H,17,18)/b16-10-. The lowest BCUT2D eigenvalue weighted by Gasteiger charge is -2.11. The zero-order chi connectivity index (χ0) is 14.8. The first kappa shape index (κ1) is 15.5. The number of benzene rings is 1. The fraction of sp³-hybridized carbons (Fsp3) is 0.357. The van der Waals surface area contributed by atoms with Crippen LogP contribution in [0.3, 0.4) is 0 Å². The molecule has 0 heterocycles. The Bertz CT molecular complexity index is 521. The summed E-state index contributed by atoms with van der Waals surface area (Å²) in [6.07, 6.45) is 1.26. The third-order valence-corrected chi connectivity index (χ3v) is 2.21. The maximum atomic E-state index is 11.0. The Balaban J connectivity index is 2.76. The molecule has 106 valence electrons. The van der Waals surface area contributed by atoms with Gasteiger partial charge in [0, 0.05) is 0 Å². The van der Waals surface area contributed by atoms with Gasteiger partial charge in [0.15, 0.2) is 11.5 Å². The van der Waals surface area contributed by atoms with Gasteiger partial charge >= 0.3 is 0 Å². The summed E-state index contributed by atoms with van der Waals surface area (Å²) < 4.78 is 10.9. The number of carbonyl (C=O) groups is 1. The molecule has 0 aliphatic heterocycles. The zero-order valence-corrected chi connectivity index (χ0v) is 11.5. The van der Waals surface area contributed by atoms with Crippen LogP contribution in [0.25, 0.3) is 0 Å². The Morgan fingerprint density at radius 3 is 2.70 bits per heavy atom. The van der Waals surface area contributed by atoms with Crippen molar-refractivity contribution in [2.24, 2.45) is 5.10 Å². The van der Waals surface area contributed by atoms with Crippen LogP contribution >= 0.6 is 0 Å². The van der Waals surface area contributed by atoms with Crippen molar-refractivity contribution in [3.63, 3.8) is 0 Å². The number of hydrazone groups is 1. The van der Waals surface area contributed by atoms with Crippen molar-refractivity contribution in [3.05, 3.63) is 23.8 Å². The van der Waals surface area contributed by atoms with Gasteiger partial charge in [-0.05, 0) is 37.6 Å². The Hall–Kier alpha value is -2.55. The van der Waals surface area contributed by atoms with Gasteiger partial charge in [-0.15, -0.1) is 0 Å². The summed E-state index contributed by atoms with van der Waals surface area (Å²) in [5.41, 5.74) is 3.02. The molecule has 0 saturated heterocycles. The quantitative estimate of drug-likeness (QED) is 0.608. The number of nitrogens with zero attached hydrogens (tertiary/aromatic N) is 2. The second kappa shape index (κ2) is 8.53. The van der Waals surface area contributed by atoms with Gasteiger partial charge in [0.25, 0.3) is 5.91 Å². The summed E-state index contributed by atoms with van der Waals surface area (Å²) in [6, 6.07) is 7.10. The smallest absolute Gasteiger partial charge is 0.254 e. The number of rotatable bonds is 7. The van der Waals surface area contributed by atoms with Gasteiger partial charge in [-0.1, -0.05) is 0 Å². The Morgan fingerprint density at radius 1 is 1.35 bits per heavy atom. The minimum Gasteiger partial charge on any atom is -0.490 e. The summed E-state index contributed by atoms with van der Waals surface area (Å²) in [5, 5.41) is 12.1. The number of hydrogen-bond acceptors (Lipinski definition) is 5. The maximum absolute atomic E-state index is 11.0. The highest BCUT2D eigenvalue weighted by molar-refractivity contribution is 5.83. The van der Waals surface area contributed by atoms with Gasteiger partial charge in [0.05, 0.1) is 25.5 Å². The fourth-order valence-electron chi connectivity index (χ4n) is 1.44. The van der Waals surface area contributed by atoms with Gasteiger partial charge in [-0.3, -0.25) is 4.79 Å². The van der Waals surface area contributed by atoms with E-state index in [0.29, 0.717) is 24.7 Å². The van der Waals surface area contributed by atoms with Crippen LogP contribution in [0.15, 0.2) is 23.3 Å². The summed E-state index contributed by atoms with van der Waals surface area (Å²) in [4.78, 5) is 11.0. The second-order valence-electron chi connectivity index (χ2n) is 3.70. The highest BCUT2D eigenvalue weighted by atomic mass is 16.5. The summed E-state index contributed by atoms with van der Waals surface area (Å²) >= 11 is 0. The van der Waals surface area contributed by atoms with E-state index in [-0.39, 0.29) is 6.42 Å². The maximum Gasteiger partial charge on any atom is 0.254 e. The minimum atomic E-state index is -0.445. The van der Waals surface area contributed by atoms with Crippen LogP contribution in [0.5, 0.6) is 11.5 Å². The van der Waals surface area contributed by atoms with Crippen molar-refractivity contribution in [3.8, 4) is 17.6 Å². The summed E-state index contributed by atoms with van der Waals surface area (Å²) in [6.45, 7) is 4.87. The first-order valence-corrected chi connectivity index (χ1v) is 6.29. The first-order chi connectivity index (χ1) is 9.71. The summed E-state index contributed by atoms with van der Waals surface area (Å²) in [7, 11) is 0. The molecule has 0 fully saturated rings. The Kier molecular flexibility index (Phi) is 6.62. The van der Waals surface area contributed by atoms with Gasteiger partial charge in [0.2, 0.25) is 0 Å². The van der Waals surface area contributed by atoms with E-state index in [1.807, 2.05) is 13.8 Å². The molecule has 0 spiro atoms. The van der Waals surface area contributed by atoms with Crippen molar-refractivity contribution in [2.45, 2.75) is 20.3 Å². The Labute approximate surface area is 118 Å². The van der Waals surface area contributed by atoms with E-state index in [2.05, 4.69) is 10.5 Å². The first-order valence-electron chi connectivity index (χ1n) is 6.29. The van der Waals surface area contributed by atoms with Crippen molar-refractivity contribution >= 4 is 12.1 Å². The number of amides is 1. The molecule has 6 nitrogen and oxygen atoms in total. The van der Waals surface area contributed by atoms with Crippen LogP contribution in [0, 0.1) is 11.3 Å². The van der Waals surface area contributed by atoms with E-state index in [1.165, 1.54) is 6.21 Å². The number of ether oxygens (including phenoxy) is 2. The molecule has 6 heteroatoms. The molecule has 20 heavy (non-hydrogen) atoms. The van der Waals surface area contributed by atoms with E-state index >= 15 is 0 Å². The molecule has 0 unspecified atom stereocenters. The van der Waals surface area contributed by atoms with E-state index in [1.54, 1.807) is 24.3 Å². The number of nitriles is 1. The molecule has 0 atom stereocenters. The lowest BCUT2D eigenvalue weighted by molar-refractivity contribution is -0.120. The molecule has 0 aliphatic rings. The Morgan fingerprint density at radius 2 is 2.05 bits per heavy atom. The molecule has 0 aliphatic carbocycles. The van der Waals surface area contributed by atoms with E-state index < -0.39 is 5.91 Å². The predicted molar refractivity (Wildman–Crippen MR) is 74.7 cm³/mol. The molecule has 1 aromatic rings. The zero-order valence-electron chi connectivity index (χ0n) is 11.5. The van der Waals surface area contributed by atoms with Gasteiger partial charge in [-0.2, -0.15) is 10.4 Å². The third kappa shape index (κ3) is 4.98. The molecule has 1 rings (SSSR count). The number of nitrogens with one attached hydrogen (secondary N) is 1. The number of carbonyl (C=O) groups excluding carboxylic acids is 1. The molecule has 1 aromatic carbocycles. The largest absolute Gasteiger partial charge is 0.490 e. The number of hydrogen-bond donors (Lipinski definition) is 1. The normalized spacial score (nSPS) is 10.1.